The molecule has 0 saturated carbocycles. The van der Waals surface area contributed by atoms with Crippen LogP contribution in [-0.2, 0) is 26.0 Å². The number of hydrogen-bond donors (Lipinski definition) is 0. The van der Waals surface area contributed by atoms with Crippen molar-refractivity contribution in [2.45, 2.75) is 39.3 Å². The van der Waals surface area contributed by atoms with Crippen LogP contribution in [0, 0.1) is 6.92 Å². The van der Waals surface area contributed by atoms with Crippen molar-refractivity contribution in [2.75, 3.05) is 26.2 Å². The van der Waals surface area contributed by atoms with Crippen LogP contribution in [0.15, 0.2) is 53.9 Å². The molecule has 0 spiro atoms. The van der Waals surface area contributed by atoms with Crippen molar-refractivity contribution in [3.63, 3.8) is 0 Å². The van der Waals surface area contributed by atoms with E-state index in [4.69, 9.17) is 4.74 Å². The summed E-state index contributed by atoms with van der Waals surface area (Å²) < 4.78 is 6.01. The number of thiophene rings is 1. The quantitative estimate of drug-likeness (QED) is 0.529. The molecule has 0 bridgehead atoms. The fourth-order valence-electron chi connectivity index (χ4n) is 4.66. The molecule has 2 heterocycles. The molecule has 3 aromatic rings. The van der Waals surface area contributed by atoms with Crippen LogP contribution < -0.4 is 4.74 Å². The Morgan fingerprint density at radius 2 is 1.81 bits per heavy atom. The molecule has 2 aliphatic rings. The Bertz CT molecular complexity index is 1100. The highest BCUT2D eigenvalue weighted by atomic mass is 32.1. The molecule has 0 N–H and O–H groups in total. The van der Waals surface area contributed by atoms with Gasteiger partial charge in [-0.3, -0.25) is 9.69 Å². The second-order valence-electron chi connectivity index (χ2n) is 8.89. The Morgan fingerprint density at radius 1 is 1.00 bits per heavy atom. The van der Waals surface area contributed by atoms with Crippen LogP contribution in [0.5, 0.6) is 5.75 Å². The minimum Gasteiger partial charge on any atom is -0.489 e. The van der Waals surface area contributed by atoms with Gasteiger partial charge in [-0.15, -0.1) is 11.3 Å². The molecule has 1 aliphatic heterocycles. The number of ether oxygens (including phenoxy) is 1. The number of aryl methyl sites for hydroxylation is 3. The van der Waals surface area contributed by atoms with Gasteiger partial charge in [-0.2, -0.15) is 0 Å². The molecule has 1 fully saturated rings. The SMILES string of the molecule is Cc1ccccc1CN1CCN(C(=O)c2cc(COc3ccc4c(c3)CCC4)cs2)CC1. The normalized spacial score (nSPS) is 16.2. The molecule has 0 unspecified atom stereocenters. The maximum Gasteiger partial charge on any atom is 0.264 e. The standard InChI is InChI=1S/C27H30N2O2S/c1-20-5-2-3-6-24(20)17-28-11-13-29(14-12-28)27(30)26-15-21(19-32-26)18-31-25-10-9-22-7-4-8-23(22)16-25/h2-3,5-6,9-10,15-16,19H,4,7-8,11-14,17-18H2,1H3. The lowest BCUT2D eigenvalue weighted by Crippen LogP contribution is -2.48. The summed E-state index contributed by atoms with van der Waals surface area (Å²) in [6, 6.07) is 17.0. The predicted molar refractivity (Wildman–Crippen MR) is 129 cm³/mol. The van der Waals surface area contributed by atoms with Gasteiger partial charge in [-0.1, -0.05) is 30.3 Å². The van der Waals surface area contributed by atoms with E-state index in [1.807, 2.05) is 11.0 Å². The predicted octanol–water partition coefficient (Wildman–Crippen LogP) is 5.08. The van der Waals surface area contributed by atoms with Crippen LogP contribution in [0.3, 0.4) is 0 Å². The molecule has 0 atom stereocenters. The summed E-state index contributed by atoms with van der Waals surface area (Å²) in [4.78, 5) is 18.3. The Labute approximate surface area is 194 Å². The lowest BCUT2D eigenvalue weighted by Gasteiger charge is -2.34. The van der Waals surface area contributed by atoms with Crippen LogP contribution in [0.4, 0.5) is 0 Å². The average Bonchev–Trinajstić information content (AvgIpc) is 3.48. The number of rotatable bonds is 6. The van der Waals surface area contributed by atoms with Gasteiger partial charge in [0.1, 0.15) is 12.4 Å². The smallest absolute Gasteiger partial charge is 0.264 e. The summed E-state index contributed by atoms with van der Waals surface area (Å²) in [5.74, 6) is 1.07. The van der Waals surface area contributed by atoms with Gasteiger partial charge < -0.3 is 9.64 Å². The fourth-order valence-corrected chi connectivity index (χ4v) is 5.53. The van der Waals surface area contributed by atoms with Crippen LogP contribution in [0.25, 0.3) is 0 Å². The van der Waals surface area contributed by atoms with Gasteiger partial charge in [-0.25, -0.2) is 0 Å². The van der Waals surface area contributed by atoms with Gasteiger partial charge in [0.25, 0.3) is 5.91 Å². The molecule has 1 saturated heterocycles. The summed E-state index contributed by atoms with van der Waals surface area (Å²) in [7, 11) is 0. The van der Waals surface area contributed by atoms with Crippen LogP contribution in [0.1, 0.15) is 43.9 Å². The largest absolute Gasteiger partial charge is 0.489 e. The summed E-state index contributed by atoms with van der Waals surface area (Å²) in [5, 5.41) is 2.05. The van der Waals surface area contributed by atoms with Crippen molar-refractivity contribution in [3.8, 4) is 5.75 Å². The van der Waals surface area contributed by atoms with Crippen LogP contribution in [0.2, 0.25) is 0 Å². The third-order valence-corrected chi connectivity index (χ3v) is 7.62. The number of carbonyl (C=O) groups is 1. The zero-order valence-electron chi connectivity index (χ0n) is 18.7. The summed E-state index contributed by atoms with van der Waals surface area (Å²) >= 11 is 1.53. The monoisotopic (exact) mass is 446 g/mol. The third kappa shape index (κ3) is 4.74. The van der Waals surface area contributed by atoms with E-state index in [9.17, 15) is 4.79 Å². The van der Waals surface area contributed by atoms with Gasteiger partial charge in [0.15, 0.2) is 0 Å². The van der Waals surface area contributed by atoms with E-state index < -0.39 is 0 Å². The molecule has 5 heteroatoms. The summed E-state index contributed by atoms with van der Waals surface area (Å²) in [6.45, 7) is 7.02. The topological polar surface area (TPSA) is 32.8 Å². The van der Waals surface area contributed by atoms with Crippen molar-refractivity contribution < 1.29 is 9.53 Å². The zero-order chi connectivity index (χ0) is 21.9. The van der Waals surface area contributed by atoms with Gasteiger partial charge >= 0.3 is 0 Å². The molecule has 0 radical (unpaired) electrons. The van der Waals surface area contributed by atoms with Gasteiger partial charge in [0, 0.05) is 38.3 Å². The van der Waals surface area contributed by atoms with E-state index in [0.717, 1.165) is 55.3 Å². The van der Waals surface area contributed by atoms with Crippen LogP contribution >= 0.6 is 11.3 Å². The highest BCUT2D eigenvalue weighted by Gasteiger charge is 2.23. The van der Waals surface area contributed by atoms with Crippen molar-refractivity contribution >= 4 is 17.2 Å². The van der Waals surface area contributed by atoms with Crippen molar-refractivity contribution in [2.24, 2.45) is 0 Å². The number of amides is 1. The van der Waals surface area contributed by atoms with E-state index >= 15 is 0 Å². The highest BCUT2D eigenvalue weighted by molar-refractivity contribution is 7.12. The van der Waals surface area contributed by atoms with E-state index in [1.165, 1.54) is 46.4 Å². The first-order chi connectivity index (χ1) is 15.7. The molecule has 2 aromatic carbocycles. The third-order valence-electron chi connectivity index (χ3n) is 6.65. The Kier molecular flexibility index (Phi) is 6.28. The minimum atomic E-state index is 0.148. The van der Waals surface area contributed by atoms with E-state index in [1.54, 1.807) is 0 Å². The average molecular weight is 447 g/mol. The first-order valence-corrected chi connectivity index (χ1v) is 12.4. The van der Waals surface area contributed by atoms with Gasteiger partial charge in [0.05, 0.1) is 4.88 Å². The van der Waals surface area contributed by atoms with Crippen molar-refractivity contribution in [1.82, 2.24) is 9.80 Å². The van der Waals surface area contributed by atoms with Crippen molar-refractivity contribution in [1.29, 1.82) is 0 Å². The maximum atomic E-state index is 13.0. The van der Waals surface area contributed by atoms with Crippen LogP contribution in [-0.4, -0.2) is 41.9 Å². The second kappa shape index (κ2) is 9.47. The Balaban J connectivity index is 1.13. The molecule has 5 rings (SSSR count). The van der Waals surface area contributed by atoms with Crippen molar-refractivity contribution in [3.05, 3.63) is 86.6 Å². The fraction of sp³-hybridized carbons (Fsp3) is 0.370. The van der Waals surface area contributed by atoms with E-state index in [-0.39, 0.29) is 5.91 Å². The molecule has 1 amide bonds. The number of piperazine rings is 1. The summed E-state index contributed by atoms with van der Waals surface area (Å²) in [6.07, 6.45) is 3.59. The molecule has 166 valence electrons. The molecule has 1 aliphatic carbocycles. The number of nitrogens with zero attached hydrogens (tertiary/aromatic N) is 2. The zero-order valence-corrected chi connectivity index (χ0v) is 19.5. The lowest BCUT2D eigenvalue weighted by atomic mass is 10.1. The number of benzene rings is 2. The van der Waals surface area contributed by atoms with E-state index in [2.05, 4.69) is 59.7 Å². The first kappa shape index (κ1) is 21.2. The van der Waals surface area contributed by atoms with E-state index in [0.29, 0.717) is 6.61 Å². The number of hydrogen-bond acceptors (Lipinski definition) is 4. The Hall–Kier alpha value is -2.63. The molecule has 1 aromatic heterocycles. The molecular weight excluding hydrogens is 416 g/mol. The van der Waals surface area contributed by atoms with Gasteiger partial charge in [0.2, 0.25) is 0 Å². The molecule has 4 nitrogen and oxygen atoms in total. The number of fused-ring (bicyclic) bond motifs is 1. The first-order valence-electron chi connectivity index (χ1n) is 11.5. The Morgan fingerprint density at radius 3 is 2.66 bits per heavy atom. The molecule has 32 heavy (non-hydrogen) atoms. The maximum absolute atomic E-state index is 13.0. The summed E-state index contributed by atoms with van der Waals surface area (Å²) in [5.41, 5.74) is 6.65. The van der Waals surface area contributed by atoms with Gasteiger partial charge in [-0.05, 0) is 72.0 Å². The lowest BCUT2D eigenvalue weighted by molar-refractivity contribution is 0.0633. The second-order valence-corrected chi connectivity index (χ2v) is 9.80. The highest BCUT2D eigenvalue weighted by Crippen LogP contribution is 2.27. The minimum absolute atomic E-state index is 0.148. The molecular formula is C27H30N2O2S. The number of carbonyl (C=O) groups excluding carboxylic acids is 1.